The number of aromatic hydroxyl groups is 1. The van der Waals surface area contributed by atoms with Gasteiger partial charge in [0.25, 0.3) is 0 Å². The number of phenols is 1. The van der Waals surface area contributed by atoms with E-state index in [1.54, 1.807) is 0 Å². The number of pyridine rings is 2. The van der Waals surface area contributed by atoms with Gasteiger partial charge < -0.3 is 25.8 Å². The van der Waals surface area contributed by atoms with Gasteiger partial charge in [-0.1, -0.05) is 12.0 Å². The predicted octanol–water partition coefficient (Wildman–Crippen LogP) is 4.87. The summed E-state index contributed by atoms with van der Waals surface area (Å²) in [5.74, 6) is 0.189. The Kier molecular flexibility index (Phi) is 7.90. The summed E-state index contributed by atoms with van der Waals surface area (Å²) in [6.07, 6.45) is 11.5. The zero-order chi connectivity index (χ0) is 36.6. The first-order valence-corrected chi connectivity index (χ1v) is 17.7. The van der Waals surface area contributed by atoms with E-state index in [0.29, 0.717) is 42.8 Å². The fourth-order valence-corrected chi connectivity index (χ4v) is 8.89. The van der Waals surface area contributed by atoms with Crippen LogP contribution in [0.25, 0.3) is 44.2 Å². The lowest BCUT2D eigenvalue weighted by molar-refractivity contribution is 0.1000. The lowest BCUT2D eigenvalue weighted by atomic mass is 9.95. The number of carbonyl (C=O) groups excluding carboxylic acids is 1. The third-order valence-corrected chi connectivity index (χ3v) is 11.2. The molecule has 2 aromatic carbocycles. The van der Waals surface area contributed by atoms with Crippen LogP contribution in [0.5, 0.6) is 11.8 Å². The molecule has 4 N–H and O–H groups in total. The van der Waals surface area contributed by atoms with Crippen molar-refractivity contribution in [2.24, 2.45) is 5.73 Å². The van der Waals surface area contributed by atoms with E-state index in [4.69, 9.17) is 26.9 Å². The third-order valence-electron chi connectivity index (χ3n) is 11.2. The molecule has 5 aromatic rings. The molecule has 4 fully saturated rings. The molecule has 11 nitrogen and oxygen atoms in total. The fourth-order valence-electron chi connectivity index (χ4n) is 8.89. The lowest BCUT2D eigenvalue weighted by Gasteiger charge is -2.35. The number of nitrogens with two attached hydrogens (primary N) is 1. The smallest absolute Gasteiger partial charge is 0.319 e. The van der Waals surface area contributed by atoms with Crippen LogP contribution < -0.4 is 20.7 Å². The van der Waals surface area contributed by atoms with Crippen molar-refractivity contribution in [3.8, 4) is 46.6 Å². The van der Waals surface area contributed by atoms with E-state index in [1.165, 1.54) is 42.7 Å². The molecule has 53 heavy (non-hydrogen) atoms. The van der Waals surface area contributed by atoms with Crippen molar-refractivity contribution in [3.05, 3.63) is 65.5 Å². The van der Waals surface area contributed by atoms with Crippen molar-refractivity contribution >= 4 is 33.4 Å². The molecule has 4 saturated heterocycles. The number of halogens is 3. The highest BCUT2D eigenvalue weighted by Crippen LogP contribution is 2.44. The first-order valence-electron chi connectivity index (χ1n) is 17.7. The lowest BCUT2D eigenvalue weighted by Crippen LogP contribution is -2.51. The van der Waals surface area contributed by atoms with Crippen LogP contribution in [0, 0.1) is 24.0 Å². The Bertz CT molecular complexity index is 2380. The number of nitrogens with zero attached hydrogens (tertiary/aromatic N) is 6. The van der Waals surface area contributed by atoms with Gasteiger partial charge in [-0.2, -0.15) is 9.97 Å². The molecule has 14 heteroatoms. The Morgan fingerprint density at radius 2 is 1.89 bits per heavy atom. The number of nitrogens with one attached hydrogen (secondary N) is 1. The Balaban J connectivity index is 1.32. The van der Waals surface area contributed by atoms with Gasteiger partial charge in [0.2, 0.25) is 5.91 Å². The maximum absolute atomic E-state index is 17.5. The minimum absolute atomic E-state index is 0.0235. The van der Waals surface area contributed by atoms with Crippen LogP contribution in [0.4, 0.5) is 19.0 Å². The molecule has 1 amide bonds. The average molecular weight is 721 g/mol. The number of amides is 1. The van der Waals surface area contributed by atoms with Crippen molar-refractivity contribution < 1.29 is 27.8 Å². The highest BCUT2D eigenvalue weighted by Gasteiger charge is 2.49. The van der Waals surface area contributed by atoms with Crippen molar-refractivity contribution in [1.29, 1.82) is 0 Å². The van der Waals surface area contributed by atoms with Crippen LogP contribution in [0.2, 0.25) is 0 Å². The monoisotopic (exact) mass is 720 g/mol. The van der Waals surface area contributed by atoms with Crippen molar-refractivity contribution in [3.63, 3.8) is 0 Å². The topological polar surface area (TPSA) is 143 Å². The van der Waals surface area contributed by atoms with E-state index in [2.05, 4.69) is 31.0 Å². The van der Waals surface area contributed by atoms with Crippen LogP contribution in [0.1, 0.15) is 48.0 Å². The highest BCUT2D eigenvalue weighted by molar-refractivity contribution is 6.07. The van der Waals surface area contributed by atoms with Gasteiger partial charge >= 0.3 is 6.01 Å². The Morgan fingerprint density at radius 1 is 1.08 bits per heavy atom. The second-order valence-electron chi connectivity index (χ2n) is 14.6. The molecule has 2 bridgehead atoms. The summed E-state index contributed by atoms with van der Waals surface area (Å²) >= 11 is 0. The Morgan fingerprint density at radius 3 is 2.66 bits per heavy atom. The molecule has 4 atom stereocenters. The number of ether oxygens (including phenoxy) is 1. The van der Waals surface area contributed by atoms with Gasteiger partial charge in [0.15, 0.2) is 5.82 Å². The molecule has 0 radical (unpaired) electrons. The van der Waals surface area contributed by atoms with E-state index in [1.807, 2.05) is 0 Å². The number of anilines is 1. The number of hydrogen-bond acceptors (Lipinski definition) is 10. The number of terminal acetylenes is 1. The summed E-state index contributed by atoms with van der Waals surface area (Å²) in [6.45, 7) is 2.34. The van der Waals surface area contributed by atoms with Gasteiger partial charge in [-0.25, -0.2) is 18.2 Å². The van der Waals surface area contributed by atoms with Crippen molar-refractivity contribution in [1.82, 2.24) is 30.2 Å². The first-order chi connectivity index (χ1) is 25.6. The predicted molar refractivity (Wildman–Crippen MR) is 192 cm³/mol. The molecule has 4 aliphatic rings. The number of alkyl halides is 1. The minimum Gasteiger partial charge on any atom is -0.508 e. The number of rotatable bonds is 7. The largest absolute Gasteiger partial charge is 0.508 e. The van der Waals surface area contributed by atoms with E-state index in [0.717, 1.165) is 32.2 Å². The summed E-state index contributed by atoms with van der Waals surface area (Å²) in [4.78, 5) is 35.2. The van der Waals surface area contributed by atoms with Crippen LogP contribution in [0.15, 0.2) is 42.7 Å². The van der Waals surface area contributed by atoms with Gasteiger partial charge in [-0.3, -0.25) is 14.7 Å². The third kappa shape index (κ3) is 5.57. The van der Waals surface area contributed by atoms with Gasteiger partial charge in [-0.05, 0) is 61.9 Å². The molecule has 0 aliphatic carbocycles. The van der Waals surface area contributed by atoms with Crippen molar-refractivity contribution in [2.45, 2.75) is 55.9 Å². The molecular formula is C39H35F3N8O3. The van der Waals surface area contributed by atoms with Crippen LogP contribution in [-0.4, -0.2) is 92.4 Å². The van der Waals surface area contributed by atoms with Crippen LogP contribution >= 0.6 is 0 Å². The zero-order valence-corrected chi connectivity index (χ0v) is 28.6. The molecule has 0 unspecified atom stereocenters. The second-order valence-corrected chi connectivity index (χ2v) is 14.6. The minimum atomic E-state index is -0.975. The SMILES string of the molecule is C#Cc1c(F)ccc2cc(O)cc(-c3nc(-c4cncc(C(N)=O)c4)c4c(N5C[C@H]6CC[C@@H](C5)N6)nc(OC[C@@]56CCCN5C[C@H](F)C6)nc4c3F)c12. The van der Waals surface area contributed by atoms with Crippen LogP contribution in [0.3, 0.4) is 0 Å². The number of fused-ring (bicyclic) bond motifs is 5. The average Bonchev–Trinajstić information content (AvgIpc) is 3.80. The molecule has 270 valence electrons. The van der Waals surface area contributed by atoms with E-state index < -0.39 is 29.3 Å². The number of carbonyl (C=O) groups is 1. The van der Waals surface area contributed by atoms with Gasteiger partial charge in [0.1, 0.15) is 41.4 Å². The number of piperazine rings is 1. The molecule has 9 rings (SSSR count). The highest BCUT2D eigenvalue weighted by atomic mass is 19.1. The van der Waals surface area contributed by atoms with Crippen molar-refractivity contribution in [2.75, 3.05) is 37.7 Å². The quantitative estimate of drug-likeness (QED) is 0.200. The number of phenolic OH excluding ortho intramolecular Hbond substituents is 1. The maximum Gasteiger partial charge on any atom is 0.319 e. The number of aromatic nitrogens is 4. The summed E-state index contributed by atoms with van der Waals surface area (Å²) in [6, 6.07) is 7.05. The van der Waals surface area contributed by atoms with Gasteiger partial charge in [0, 0.05) is 67.0 Å². The van der Waals surface area contributed by atoms with E-state index in [9.17, 15) is 14.3 Å². The van der Waals surface area contributed by atoms with E-state index >= 15 is 8.78 Å². The molecular weight excluding hydrogens is 685 g/mol. The standard InChI is InChI=1S/C39H35F3N8O3/c1-2-27-29(41)7-4-20-11-26(51)12-28(30(20)27)34-32(42)35-31(33(46-34)21-10-22(36(43)52)15-44-14-21)37(49-17-24-5-6-25(18-49)45-24)48-38(47-35)53-19-39-8-3-9-50(39)16-23(40)13-39/h1,4,7,10-12,14-15,23-25,45,51H,3,5-6,8-9,13,16-19H2,(H2,43,52)/t23-,24-,25+,39+/m1/s1. The molecule has 7 heterocycles. The first kappa shape index (κ1) is 33.3. The number of benzene rings is 2. The molecule has 4 aliphatic heterocycles. The summed E-state index contributed by atoms with van der Waals surface area (Å²) < 4.78 is 53.8. The number of hydrogen-bond donors (Lipinski definition) is 3. The van der Waals surface area contributed by atoms with E-state index in [-0.39, 0.29) is 74.8 Å². The normalized spacial score (nSPS) is 23.8. The molecule has 0 saturated carbocycles. The summed E-state index contributed by atoms with van der Waals surface area (Å²) in [5.41, 5.74) is 5.16. The Labute approximate surface area is 302 Å². The van der Waals surface area contributed by atoms with Gasteiger partial charge in [-0.15, -0.1) is 6.42 Å². The van der Waals surface area contributed by atoms with Crippen LogP contribution in [-0.2, 0) is 0 Å². The maximum atomic E-state index is 17.5. The molecule has 0 spiro atoms. The molecule has 3 aromatic heterocycles. The number of primary amides is 1. The summed E-state index contributed by atoms with van der Waals surface area (Å²) in [7, 11) is 0. The fraction of sp³-hybridized carbons (Fsp3) is 0.359. The Hall–Kier alpha value is -5.52. The zero-order valence-electron chi connectivity index (χ0n) is 28.6. The summed E-state index contributed by atoms with van der Waals surface area (Å²) in [5, 5.41) is 15.2. The second kappa shape index (κ2) is 12.6. The van der Waals surface area contributed by atoms with Gasteiger partial charge in [0.05, 0.1) is 27.7 Å².